The topological polar surface area (TPSA) is 94.2 Å². The Hall–Kier alpha value is -3.37. The van der Waals surface area contributed by atoms with E-state index in [0.717, 1.165) is 61.0 Å². The number of anilines is 1. The molecule has 1 aromatic carbocycles. The second kappa shape index (κ2) is 9.50. The van der Waals surface area contributed by atoms with Gasteiger partial charge in [0.15, 0.2) is 11.3 Å². The van der Waals surface area contributed by atoms with Crippen molar-refractivity contribution in [3.63, 3.8) is 0 Å². The quantitative estimate of drug-likeness (QED) is 0.419. The van der Waals surface area contributed by atoms with Crippen LogP contribution in [0, 0.1) is 0 Å². The molecule has 4 atom stereocenters. The first-order valence-corrected chi connectivity index (χ1v) is 13.2. The molecule has 0 N–H and O–H groups in total. The summed E-state index contributed by atoms with van der Waals surface area (Å²) in [5.74, 6) is 0.667. The van der Waals surface area contributed by atoms with Gasteiger partial charge in [0.05, 0.1) is 22.7 Å². The fourth-order valence-corrected chi connectivity index (χ4v) is 5.81. The van der Waals surface area contributed by atoms with Crippen molar-refractivity contribution in [1.82, 2.24) is 34.2 Å². The van der Waals surface area contributed by atoms with Gasteiger partial charge in [-0.2, -0.15) is 10.1 Å². The first kappa shape index (κ1) is 24.0. The van der Waals surface area contributed by atoms with Gasteiger partial charge < -0.3 is 9.64 Å². The molecule has 194 valence electrons. The van der Waals surface area contributed by atoms with Crippen molar-refractivity contribution < 1.29 is 4.74 Å². The third kappa shape index (κ3) is 4.27. The number of nitrogens with zero attached hydrogens (tertiary/aromatic N) is 8. The number of aryl methyl sites for hydroxylation is 1. The average molecular weight is 503 g/mol. The van der Waals surface area contributed by atoms with Crippen LogP contribution in [0.4, 0.5) is 5.82 Å². The number of aromatic nitrogens is 6. The maximum Gasteiger partial charge on any atom is 0.349 e. The SMILES string of the molecule is C[C@@H]1CN(c2nc(=O)n(C)c3cn(C4CCCCO4)nc23)[C@@H](C)CN1[C@@H](C)c1ccc2nccnc2c1. The van der Waals surface area contributed by atoms with E-state index in [1.807, 2.05) is 16.9 Å². The van der Waals surface area contributed by atoms with Gasteiger partial charge in [-0.05, 0) is 57.7 Å². The Kier molecular flexibility index (Phi) is 6.16. The van der Waals surface area contributed by atoms with Crippen LogP contribution in [0.3, 0.4) is 0 Å². The van der Waals surface area contributed by atoms with Gasteiger partial charge in [0, 0.05) is 57.3 Å². The van der Waals surface area contributed by atoms with Crippen molar-refractivity contribution >= 4 is 27.9 Å². The molecule has 0 aliphatic carbocycles. The number of hydrogen-bond donors (Lipinski definition) is 0. The number of benzene rings is 1. The Labute approximate surface area is 215 Å². The Balaban J connectivity index is 1.30. The van der Waals surface area contributed by atoms with E-state index < -0.39 is 0 Å². The lowest BCUT2D eigenvalue weighted by Crippen LogP contribution is -2.57. The molecule has 2 fully saturated rings. The van der Waals surface area contributed by atoms with Crippen molar-refractivity contribution in [2.75, 3.05) is 24.6 Å². The van der Waals surface area contributed by atoms with E-state index in [0.29, 0.717) is 5.82 Å². The first-order chi connectivity index (χ1) is 17.9. The number of ether oxygens (including phenoxy) is 1. The summed E-state index contributed by atoms with van der Waals surface area (Å²) in [5, 5.41) is 4.90. The fourth-order valence-electron chi connectivity index (χ4n) is 5.81. The van der Waals surface area contributed by atoms with E-state index >= 15 is 0 Å². The zero-order valence-corrected chi connectivity index (χ0v) is 21.9. The van der Waals surface area contributed by atoms with Gasteiger partial charge in [0.25, 0.3) is 0 Å². The molecule has 6 rings (SSSR count). The summed E-state index contributed by atoms with van der Waals surface area (Å²) in [5.41, 5.74) is 4.32. The molecule has 0 amide bonds. The van der Waals surface area contributed by atoms with Gasteiger partial charge in [0.2, 0.25) is 0 Å². The third-order valence-corrected chi connectivity index (χ3v) is 8.00. The first-order valence-electron chi connectivity index (χ1n) is 13.2. The maximum atomic E-state index is 12.9. The molecule has 10 nitrogen and oxygen atoms in total. The smallest absolute Gasteiger partial charge is 0.349 e. The number of fused-ring (bicyclic) bond motifs is 2. The molecule has 2 aliphatic heterocycles. The van der Waals surface area contributed by atoms with Gasteiger partial charge in [-0.1, -0.05) is 6.07 Å². The highest BCUT2D eigenvalue weighted by Crippen LogP contribution is 2.33. The largest absolute Gasteiger partial charge is 0.357 e. The van der Waals surface area contributed by atoms with Crippen LogP contribution in [0.25, 0.3) is 22.1 Å². The molecular weight excluding hydrogens is 468 g/mol. The van der Waals surface area contributed by atoms with Crippen molar-refractivity contribution in [2.45, 2.75) is 64.4 Å². The Morgan fingerprint density at radius 2 is 1.86 bits per heavy atom. The second-order valence-corrected chi connectivity index (χ2v) is 10.5. The van der Waals surface area contributed by atoms with Crippen LogP contribution in [0.2, 0.25) is 0 Å². The molecule has 2 saturated heterocycles. The minimum absolute atomic E-state index is 0.0928. The zero-order chi connectivity index (χ0) is 25.7. The fraction of sp³-hybridized carbons (Fsp3) is 0.519. The molecule has 0 radical (unpaired) electrons. The minimum Gasteiger partial charge on any atom is -0.357 e. The Morgan fingerprint density at radius 3 is 2.65 bits per heavy atom. The average Bonchev–Trinajstić information content (AvgIpc) is 3.38. The van der Waals surface area contributed by atoms with Crippen LogP contribution in [-0.4, -0.2) is 66.0 Å². The Bertz CT molecular complexity index is 1490. The van der Waals surface area contributed by atoms with Gasteiger partial charge in [-0.3, -0.25) is 19.4 Å². The highest BCUT2D eigenvalue weighted by atomic mass is 16.5. The van der Waals surface area contributed by atoms with Crippen LogP contribution >= 0.6 is 0 Å². The monoisotopic (exact) mass is 502 g/mol. The lowest BCUT2D eigenvalue weighted by Gasteiger charge is -2.47. The maximum absolute atomic E-state index is 12.9. The summed E-state index contributed by atoms with van der Waals surface area (Å²) in [7, 11) is 1.76. The second-order valence-electron chi connectivity index (χ2n) is 10.5. The predicted molar refractivity (Wildman–Crippen MR) is 143 cm³/mol. The van der Waals surface area contributed by atoms with Crippen LogP contribution in [0.5, 0.6) is 0 Å². The van der Waals surface area contributed by atoms with E-state index in [-0.39, 0.29) is 30.0 Å². The van der Waals surface area contributed by atoms with Gasteiger partial charge in [-0.25, -0.2) is 9.48 Å². The van der Waals surface area contributed by atoms with Crippen LogP contribution in [0.1, 0.15) is 57.9 Å². The van der Waals surface area contributed by atoms with Gasteiger partial charge in [-0.15, -0.1) is 0 Å². The molecule has 4 aromatic rings. The van der Waals surface area contributed by atoms with Gasteiger partial charge >= 0.3 is 5.69 Å². The molecule has 3 aromatic heterocycles. The summed E-state index contributed by atoms with van der Waals surface area (Å²) in [6.07, 6.45) is 8.42. The molecule has 0 bridgehead atoms. The lowest BCUT2D eigenvalue weighted by molar-refractivity contribution is -0.0390. The zero-order valence-electron chi connectivity index (χ0n) is 21.9. The van der Waals surface area contributed by atoms with E-state index in [1.54, 1.807) is 24.0 Å². The molecule has 0 spiro atoms. The van der Waals surface area contributed by atoms with E-state index in [1.165, 1.54) is 5.56 Å². The van der Waals surface area contributed by atoms with E-state index in [4.69, 9.17) is 9.84 Å². The third-order valence-electron chi connectivity index (χ3n) is 8.00. The summed E-state index contributed by atoms with van der Waals surface area (Å²) in [4.78, 5) is 31.0. The van der Waals surface area contributed by atoms with Crippen LogP contribution in [0.15, 0.2) is 41.6 Å². The standard InChI is InChI=1S/C27H34N8O2/c1-17-15-34(18(2)14-33(17)19(3)20-8-9-21-22(13-20)29-11-10-28-21)26-25-23(32(4)27(36)30-26)16-35(31-25)24-7-5-6-12-37-24/h8-11,13,16-19,24H,5-7,12,14-15H2,1-4H3/t17-,18+,19+,24?/m1/s1. The molecule has 0 saturated carbocycles. The van der Waals surface area contributed by atoms with Crippen molar-refractivity contribution in [3.05, 3.63) is 52.8 Å². The normalized spacial score (nSPS) is 24.1. The van der Waals surface area contributed by atoms with Gasteiger partial charge in [0.1, 0.15) is 6.23 Å². The summed E-state index contributed by atoms with van der Waals surface area (Å²) >= 11 is 0. The molecule has 37 heavy (non-hydrogen) atoms. The highest BCUT2D eigenvalue weighted by molar-refractivity contribution is 5.85. The van der Waals surface area contributed by atoms with E-state index in [2.05, 4.69) is 57.7 Å². The summed E-state index contributed by atoms with van der Waals surface area (Å²) in [6, 6.07) is 6.95. The van der Waals surface area contributed by atoms with Crippen molar-refractivity contribution in [3.8, 4) is 0 Å². The molecule has 5 heterocycles. The molecule has 10 heteroatoms. The highest BCUT2D eigenvalue weighted by Gasteiger charge is 2.35. The van der Waals surface area contributed by atoms with Crippen LogP contribution in [-0.2, 0) is 11.8 Å². The summed E-state index contributed by atoms with van der Waals surface area (Å²) < 4.78 is 9.42. The van der Waals surface area contributed by atoms with Crippen molar-refractivity contribution in [2.24, 2.45) is 7.05 Å². The van der Waals surface area contributed by atoms with E-state index in [9.17, 15) is 4.79 Å². The number of rotatable bonds is 4. The lowest BCUT2D eigenvalue weighted by atomic mass is 10.00. The molecule has 2 aliphatic rings. The summed E-state index contributed by atoms with van der Waals surface area (Å²) in [6.45, 7) is 9.01. The minimum atomic E-state index is -0.264. The number of hydrogen-bond acceptors (Lipinski definition) is 8. The molecular formula is C27H34N8O2. The predicted octanol–water partition coefficient (Wildman–Crippen LogP) is 3.43. The number of piperazine rings is 1. The molecule has 1 unspecified atom stereocenters. The Morgan fingerprint density at radius 1 is 1.05 bits per heavy atom. The van der Waals surface area contributed by atoms with Crippen LogP contribution < -0.4 is 10.6 Å². The van der Waals surface area contributed by atoms with Crippen molar-refractivity contribution in [1.29, 1.82) is 0 Å².